The van der Waals surface area contributed by atoms with Crippen LogP contribution in [0.2, 0.25) is 5.02 Å². The summed E-state index contributed by atoms with van der Waals surface area (Å²) in [5.41, 5.74) is 4.64. The number of benzene rings is 3. The van der Waals surface area contributed by atoms with E-state index in [1.807, 2.05) is 78.2 Å². The lowest BCUT2D eigenvalue weighted by molar-refractivity contribution is -0.504. The van der Waals surface area contributed by atoms with Crippen LogP contribution in [0, 0.1) is 6.92 Å². The van der Waals surface area contributed by atoms with E-state index in [1.165, 1.54) is 12.1 Å². The van der Waals surface area contributed by atoms with Gasteiger partial charge in [0.2, 0.25) is 0 Å². The van der Waals surface area contributed by atoms with E-state index >= 15 is 0 Å². The van der Waals surface area contributed by atoms with Gasteiger partial charge in [0, 0.05) is 16.7 Å². The van der Waals surface area contributed by atoms with Gasteiger partial charge in [-0.05, 0) is 48.4 Å². The molecule has 2 heterocycles. The number of hydrogen-bond donors (Lipinski definition) is 0. The smallest absolute Gasteiger partial charge is 0.341 e. The summed E-state index contributed by atoms with van der Waals surface area (Å²) in [4.78, 5) is 13.6. The molecule has 7 heteroatoms. The SMILES string of the molecule is COc1cc(Cn2c(=O)c(C)c(-c3ccc([O-])cc3)[n+]3ccccc23)ccc1OCc1cccc(Cl)c1. The maximum atomic E-state index is 13.6. The zero-order valence-electron chi connectivity index (χ0n) is 20.5. The maximum Gasteiger partial charge on any atom is 0.341 e. The summed E-state index contributed by atoms with van der Waals surface area (Å²) in [7, 11) is 1.59. The Morgan fingerprint density at radius 1 is 0.919 bits per heavy atom. The first-order chi connectivity index (χ1) is 17.9. The van der Waals surface area contributed by atoms with E-state index in [4.69, 9.17) is 21.1 Å². The minimum atomic E-state index is -0.104. The second kappa shape index (κ2) is 10.4. The van der Waals surface area contributed by atoms with Crippen molar-refractivity contribution in [3.63, 3.8) is 0 Å². The van der Waals surface area contributed by atoms with Crippen molar-refractivity contribution in [3.8, 4) is 28.5 Å². The Bertz CT molecular complexity index is 1640. The summed E-state index contributed by atoms with van der Waals surface area (Å²) in [6.07, 6.45) is 1.92. The van der Waals surface area contributed by atoms with E-state index in [0.717, 1.165) is 28.0 Å². The predicted octanol–water partition coefficient (Wildman–Crippen LogP) is 4.93. The molecule has 0 unspecified atom stereocenters. The van der Waals surface area contributed by atoms with Gasteiger partial charge in [-0.1, -0.05) is 60.1 Å². The highest BCUT2D eigenvalue weighted by molar-refractivity contribution is 6.30. The third-order valence-corrected chi connectivity index (χ3v) is 6.49. The first-order valence-electron chi connectivity index (χ1n) is 11.8. The van der Waals surface area contributed by atoms with E-state index < -0.39 is 0 Å². The van der Waals surface area contributed by atoms with Crippen LogP contribution in [0.5, 0.6) is 17.2 Å². The Morgan fingerprint density at radius 2 is 1.73 bits per heavy atom. The molecule has 0 amide bonds. The van der Waals surface area contributed by atoms with Gasteiger partial charge >= 0.3 is 5.56 Å². The predicted molar refractivity (Wildman–Crippen MR) is 141 cm³/mol. The van der Waals surface area contributed by atoms with Crippen LogP contribution in [0.15, 0.2) is 95.9 Å². The molecule has 0 fully saturated rings. The molecule has 0 bridgehead atoms. The first kappa shape index (κ1) is 24.4. The van der Waals surface area contributed by atoms with Gasteiger partial charge in [0.1, 0.15) is 13.2 Å². The highest BCUT2D eigenvalue weighted by Gasteiger charge is 2.22. The van der Waals surface area contributed by atoms with Crippen molar-refractivity contribution in [1.29, 1.82) is 0 Å². The van der Waals surface area contributed by atoms with E-state index in [-0.39, 0.29) is 11.3 Å². The lowest BCUT2D eigenvalue weighted by Crippen LogP contribution is -2.38. The zero-order chi connectivity index (χ0) is 25.9. The first-order valence-corrected chi connectivity index (χ1v) is 12.2. The Labute approximate surface area is 219 Å². The summed E-state index contributed by atoms with van der Waals surface area (Å²) in [6.45, 7) is 2.51. The van der Waals surface area contributed by atoms with Crippen molar-refractivity contribution in [1.82, 2.24) is 4.57 Å². The molecule has 5 rings (SSSR count). The van der Waals surface area contributed by atoms with Crippen molar-refractivity contribution in [3.05, 3.63) is 123 Å². The highest BCUT2D eigenvalue weighted by atomic mass is 35.5. The van der Waals surface area contributed by atoms with Gasteiger partial charge in [0.25, 0.3) is 5.65 Å². The summed E-state index contributed by atoms with van der Waals surface area (Å²) >= 11 is 6.08. The molecular weight excluding hydrogens is 488 g/mol. The fraction of sp³-hybridized carbons (Fsp3) is 0.133. The van der Waals surface area contributed by atoms with Crippen molar-refractivity contribution < 1.29 is 19.0 Å². The molecule has 0 saturated carbocycles. The molecule has 5 aromatic rings. The number of aromatic nitrogens is 2. The Morgan fingerprint density at radius 3 is 2.49 bits per heavy atom. The molecule has 0 atom stereocenters. The highest BCUT2D eigenvalue weighted by Crippen LogP contribution is 2.30. The summed E-state index contributed by atoms with van der Waals surface area (Å²) < 4.78 is 15.3. The normalized spacial score (nSPS) is 11.0. The summed E-state index contributed by atoms with van der Waals surface area (Å²) in [5.74, 6) is 1.11. The van der Waals surface area contributed by atoms with Gasteiger partial charge in [-0.25, -0.2) is 4.79 Å². The molecular formula is C30H25ClN2O4. The van der Waals surface area contributed by atoms with E-state index in [9.17, 15) is 9.90 Å². The lowest BCUT2D eigenvalue weighted by Gasteiger charge is -2.14. The van der Waals surface area contributed by atoms with Crippen molar-refractivity contribution >= 4 is 17.2 Å². The third kappa shape index (κ3) is 5.01. The van der Waals surface area contributed by atoms with Gasteiger partial charge in [-0.2, -0.15) is 8.97 Å². The van der Waals surface area contributed by atoms with E-state index in [0.29, 0.717) is 35.2 Å². The molecule has 37 heavy (non-hydrogen) atoms. The number of nitrogens with zero attached hydrogens (tertiary/aromatic N) is 2. The molecule has 0 aliphatic heterocycles. The number of halogens is 1. The molecule has 0 radical (unpaired) electrons. The molecule has 6 nitrogen and oxygen atoms in total. The number of fused-ring (bicyclic) bond motifs is 1. The molecule has 2 aromatic heterocycles. The molecule has 3 aromatic carbocycles. The quantitative estimate of drug-likeness (QED) is 0.290. The van der Waals surface area contributed by atoms with Crippen LogP contribution in [-0.2, 0) is 13.2 Å². The molecule has 0 spiro atoms. The number of hydrogen-bond acceptors (Lipinski definition) is 4. The number of pyridine rings is 1. The Kier molecular flexibility index (Phi) is 6.84. The average molecular weight is 513 g/mol. The monoisotopic (exact) mass is 512 g/mol. The van der Waals surface area contributed by atoms with Crippen LogP contribution in [0.1, 0.15) is 16.7 Å². The van der Waals surface area contributed by atoms with Crippen LogP contribution in [-0.4, -0.2) is 11.7 Å². The van der Waals surface area contributed by atoms with Crippen molar-refractivity contribution in [2.45, 2.75) is 20.1 Å². The maximum absolute atomic E-state index is 13.6. The number of methoxy groups -OCH3 is 1. The van der Waals surface area contributed by atoms with Gasteiger partial charge in [-0.15, -0.1) is 5.75 Å². The summed E-state index contributed by atoms with van der Waals surface area (Å²) in [6, 6.07) is 25.4. The second-order valence-corrected chi connectivity index (χ2v) is 9.16. The van der Waals surface area contributed by atoms with Crippen LogP contribution in [0.4, 0.5) is 0 Å². The number of ether oxygens (including phenoxy) is 2. The zero-order valence-corrected chi connectivity index (χ0v) is 21.2. The summed E-state index contributed by atoms with van der Waals surface area (Å²) in [5, 5.41) is 12.3. The van der Waals surface area contributed by atoms with Gasteiger partial charge in [0.15, 0.2) is 17.2 Å². The van der Waals surface area contributed by atoms with Gasteiger partial charge in [0.05, 0.1) is 18.9 Å². The van der Waals surface area contributed by atoms with Crippen LogP contribution in [0.3, 0.4) is 0 Å². The number of rotatable bonds is 7. The van der Waals surface area contributed by atoms with Gasteiger partial charge < -0.3 is 14.6 Å². The minimum Gasteiger partial charge on any atom is -0.872 e. The third-order valence-electron chi connectivity index (χ3n) is 6.26. The van der Waals surface area contributed by atoms with Gasteiger partial charge in [-0.3, -0.25) is 0 Å². The van der Waals surface area contributed by atoms with E-state index in [2.05, 4.69) is 0 Å². The molecule has 0 saturated heterocycles. The Hall–Kier alpha value is -4.29. The lowest BCUT2D eigenvalue weighted by atomic mass is 10.1. The average Bonchev–Trinajstić information content (AvgIpc) is 2.91. The fourth-order valence-corrected chi connectivity index (χ4v) is 4.67. The molecule has 186 valence electrons. The van der Waals surface area contributed by atoms with Crippen LogP contribution < -0.4 is 24.5 Å². The van der Waals surface area contributed by atoms with Crippen molar-refractivity contribution in [2.24, 2.45) is 0 Å². The second-order valence-electron chi connectivity index (χ2n) is 8.72. The fourth-order valence-electron chi connectivity index (χ4n) is 4.45. The van der Waals surface area contributed by atoms with Crippen molar-refractivity contribution in [2.75, 3.05) is 7.11 Å². The topological polar surface area (TPSA) is 67.6 Å². The largest absolute Gasteiger partial charge is 0.872 e. The van der Waals surface area contributed by atoms with E-state index in [1.54, 1.807) is 23.8 Å². The minimum absolute atomic E-state index is 0.0713. The standard InChI is InChI=1S/C30H25ClN2O4/c1-20-29(23-10-12-25(34)13-11-23)32-15-4-3-8-28(32)33(30(20)35)18-21-9-14-26(27(17-21)36-2)37-19-22-6-5-7-24(31)16-22/h3-17H,18-19H2,1-2H3. The molecule has 0 N–H and O–H groups in total. The van der Waals surface area contributed by atoms with Crippen LogP contribution in [0.25, 0.3) is 16.9 Å². The molecule has 0 aliphatic rings. The molecule has 0 aliphatic carbocycles. The Balaban J connectivity index is 1.50. The van der Waals surface area contributed by atoms with Crippen LogP contribution >= 0.6 is 11.6 Å².